The van der Waals surface area contributed by atoms with Crippen LogP contribution in [0.1, 0.15) is 10.6 Å². The number of fused-ring (bicyclic) bond motifs is 1. The van der Waals surface area contributed by atoms with E-state index in [-0.39, 0.29) is 46.1 Å². The Labute approximate surface area is 151 Å². The predicted molar refractivity (Wildman–Crippen MR) is 76.0 cm³/mol. The number of phenols is 1. The number of carboxylic acids is 1. The van der Waals surface area contributed by atoms with Gasteiger partial charge >= 0.3 is 35.5 Å². The number of aromatic carboxylic acids is 1. The molecule has 0 aliphatic carbocycles. The molecule has 3 aromatic rings. The van der Waals surface area contributed by atoms with Gasteiger partial charge in [0.1, 0.15) is 16.7 Å². The molecule has 2 N–H and O–H groups in total. The quantitative estimate of drug-likeness (QED) is 0.582. The van der Waals surface area contributed by atoms with Gasteiger partial charge in [0, 0.05) is 0 Å². The maximum absolute atomic E-state index is 12.6. The van der Waals surface area contributed by atoms with Crippen molar-refractivity contribution in [3.8, 4) is 22.6 Å². The molecule has 0 aliphatic heterocycles. The van der Waals surface area contributed by atoms with Gasteiger partial charge < -0.3 is 19.7 Å². The minimum atomic E-state index is -1.44. The van der Waals surface area contributed by atoms with Gasteiger partial charge in [-0.3, -0.25) is 4.79 Å². The van der Waals surface area contributed by atoms with E-state index in [1.54, 1.807) is 30.3 Å². The van der Waals surface area contributed by atoms with Gasteiger partial charge in [-0.2, -0.15) is 0 Å². The van der Waals surface area contributed by atoms with Crippen molar-refractivity contribution in [3.05, 3.63) is 58.4 Å². The first-order valence-corrected chi connectivity index (χ1v) is 6.28. The summed E-state index contributed by atoms with van der Waals surface area (Å²) in [7, 11) is 0. The second-order valence-corrected chi connectivity index (χ2v) is 4.62. The Morgan fingerprint density at radius 3 is 2.39 bits per heavy atom. The van der Waals surface area contributed by atoms with Gasteiger partial charge in [-0.25, -0.2) is 4.79 Å². The van der Waals surface area contributed by atoms with E-state index in [1.165, 1.54) is 0 Å². The van der Waals surface area contributed by atoms with Gasteiger partial charge in [-0.15, -0.1) is 5.75 Å². The first-order chi connectivity index (χ1) is 10.5. The van der Waals surface area contributed by atoms with Crippen molar-refractivity contribution in [3.63, 3.8) is 0 Å². The summed E-state index contributed by atoms with van der Waals surface area (Å²) in [6.45, 7) is 0. The normalized spacial score (nSPS) is 10.3. The molecule has 7 heteroatoms. The maximum atomic E-state index is 12.6. The third-order valence-electron chi connectivity index (χ3n) is 3.20. The zero-order valence-corrected chi connectivity index (χ0v) is 14.1. The van der Waals surface area contributed by atoms with Crippen LogP contribution in [0.4, 0.5) is 0 Å². The minimum Gasteiger partial charge on any atom is -0.872 e. The summed E-state index contributed by atoms with van der Waals surface area (Å²) >= 11 is 0. The molecule has 0 amide bonds. The summed E-state index contributed by atoms with van der Waals surface area (Å²) in [5.74, 6) is -3.13. The Morgan fingerprint density at radius 1 is 1.13 bits per heavy atom. The fourth-order valence-electron chi connectivity index (χ4n) is 2.29. The number of phenolic OH excluding ortho intramolecular Hbond substituents is 1. The van der Waals surface area contributed by atoms with Crippen LogP contribution in [-0.4, -0.2) is 16.2 Å². The second-order valence-electron chi connectivity index (χ2n) is 4.62. The molecule has 0 saturated heterocycles. The Bertz CT molecular complexity index is 946. The summed E-state index contributed by atoms with van der Waals surface area (Å²) < 4.78 is 5.19. The smallest absolute Gasteiger partial charge is 0.872 e. The number of hydrogen-bond acceptors (Lipinski definition) is 5. The Kier molecular flexibility index (Phi) is 4.79. The van der Waals surface area contributed by atoms with Crippen molar-refractivity contribution in [1.29, 1.82) is 0 Å². The SMILES string of the molecule is O=C(O)c1oc2cc([O-])cc(O)c2c(=O)c1-c1ccccc1.[Na+]. The van der Waals surface area contributed by atoms with E-state index in [2.05, 4.69) is 0 Å². The molecular weight excluding hydrogens is 311 g/mol. The summed E-state index contributed by atoms with van der Waals surface area (Å²) in [6, 6.07) is 9.98. The van der Waals surface area contributed by atoms with Gasteiger partial charge in [-0.1, -0.05) is 30.3 Å². The molecule has 0 radical (unpaired) electrons. The fraction of sp³-hybridized carbons (Fsp3) is 0. The molecule has 0 spiro atoms. The largest absolute Gasteiger partial charge is 1.00 e. The molecule has 0 fully saturated rings. The van der Waals surface area contributed by atoms with Gasteiger partial charge in [-0.05, 0) is 17.7 Å². The first kappa shape index (κ1) is 17.1. The molecule has 0 aliphatic rings. The van der Waals surface area contributed by atoms with E-state index >= 15 is 0 Å². The summed E-state index contributed by atoms with van der Waals surface area (Å²) in [4.78, 5) is 24.0. The van der Waals surface area contributed by atoms with Gasteiger partial charge in [0.2, 0.25) is 11.2 Å². The molecule has 110 valence electrons. The van der Waals surface area contributed by atoms with Crippen molar-refractivity contribution in [2.45, 2.75) is 0 Å². The number of rotatable bonds is 2. The third-order valence-corrected chi connectivity index (χ3v) is 3.20. The van der Waals surface area contributed by atoms with Gasteiger partial charge in [0.05, 0.1) is 5.56 Å². The van der Waals surface area contributed by atoms with Crippen molar-refractivity contribution in [2.24, 2.45) is 0 Å². The molecular formula is C16H9NaO6. The molecule has 0 saturated carbocycles. The van der Waals surface area contributed by atoms with E-state index < -0.39 is 28.7 Å². The average Bonchev–Trinajstić information content (AvgIpc) is 2.46. The van der Waals surface area contributed by atoms with Gasteiger partial charge in [0.15, 0.2) is 0 Å². The molecule has 23 heavy (non-hydrogen) atoms. The average molecular weight is 320 g/mol. The van der Waals surface area contributed by atoms with Crippen LogP contribution in [0.25, 0.3) is 22.1 Å². The number of hydrogen-bond donors (Lipinski definition) is 2. The fourth-order valence-corrected chi connectivity index (χ4v) is 2.29. The monoisotopic (exact) mass is 320 g/mol. The second kappa shape index (κ2) is 6.45. The van der Waals surface area contributed by atoms with Crippen LogP contribution in [0.15, 0.2) is 51.7 Å². The van der Waals surface area contributed by atoms with Gasteiger partial charge in [0.25, 0.3) is 0 Å². The summed E-state index contributed by atoms with van der Waals surface area (Å²) in [5, 5.41) is 30.3. The predicted octanol–water partition coefficient (Wildman–Crippen LogP) is -1.06. The zero-order valence-electron chi connectivity index (χ0n) is 12.1. The van der Waals surface area contributed by atoms with Crippen LogP contribution in [-0.2, 0) is 0 Å². The van der Waals surface area contributed by atoms with Crippen LogP contribution < -0.4 is 40.1 Å². The van der Waals surface area contributed by atoms with Crippen molar-refractivity contribution in [2.75, 3.05) is 0 Å². The topological polar surface area (TPSA) is 111 Å². The standard InChI is InChI=1S/C16H10O6.Na/c17-9-6-10(18)13-11(7-9)22-15(16(20)21)12(14(13)19)8-4-2-1-3-5-8;/h1-7,17-18H,(H,20,21);/q;+1/p-1. The molecule has 1 aromatic heterocycles. The number of benzene rings is 2. The van der Waals surface area contributed by atoms with E-state index in [9.17, 15) is 24.9 Å². The molecule has 6 nitrogen and oxygen atoms in total. The first-order valence-electron chi connectivity index (χ1n) is 6.28. The van der Waals surface area contributed by atoms with Crippen molar-refractivity contribution in [1.82, 2.24) is 0 Å². The van der Waals surface area contributed by atoms with Crippen LogP contribution in [0.3, 0.4) is 0 Å². The molecule has 0 unspecified atom stereocenters. The van der Waals surface area contributed by atoms with Crippen molar-refractivity contribution < 1.29 is 54.1 Å². The Morgan fingerprint density at radius 2 is 1.78 bits per heavy atom. The van der Waals surface area contributed by atoms with E-state index in [1.807, 2.05) is 0 Å². The Hall–Kier alpha value is -2.28. The van der Waals surface area contributed by atoms with Crippen LogP contribution >= 0.6 is 0 Å². The number of carbonyl (C=O) groups is 1. The van der Waals surface area contributed by atoms with E-state index in [0.717, 1.165) is 12.1 Å². The molecule has 1 heterocycles. The van der Waals surface area contributed by atoms with E-state index in [4.69, 9.17) is 4.42 Å². The third kappa shape index (κ3) is 2.96. The molecule has 3 rings (SSSR count). The van der Waals surface area contributed by atoms with Crippen LogP contribution in [0, 0.1) is 0 Å². The minimum absolute atomic E-state index is 0. The number of carboxylic acid groups (broad SMARTS) is 1. The summed E-state index contributed by atoms with van der Waals surface area (Å²) in [6.07, 6.45) is 0. The van der Waals surface area contributed by atoms with Crippen LogP contribution in [0.5, 0.6) is 11.5 Å². The zero-order chi connectivity index (χ0) is 15.9. The molecule has 0 bridgehead atoms. The summed E-state index contributed by atoms with van der Waals surface area (Å²) in [5.41, 5.74) is -0.787. The maximum Gasteiger partial charge on any atom is 1.00 e. The number of aromatic hydroxyl groups is 1. The van der Waals surface area contributed by atoms with Crippen molar-refractivity contribution >= 4 is 16.9 Å². The molecule has 0 atom stereocenters. The molecule has 2 aromatic carbocycles. The Balaban J connectivity index is 0.00000192. The van der Waals surface area contributed by atoms with Crippen LogP contribution in [0.2, 0.25) is 0 Å². The van der Waals surface area contributed by atoms with E-state index in [0.29, 0.717) is 5.56 Å².